The molecule has 0 saturated heterocycles. The highest BCUT2D eigenvalue weighted by Crippen LogP contribution is 2.23. The summed E-state index contributed by atoms with van der Waals surface area (Å²) in [6.07, 6.45) is 0.685. The molecule has 0 aliphatic carbocycles. The molecule has 0 aromatic heterocycles. The molecule has 90 valence electrons. The highest BCUT2D eigenvalue weighted by molar-refractivity contribution is 5.85. The van der Waals surface area contributed by atoms with Crippen molar-refractivity contribution in [3.8, 4) is 18.3 Å². The number of alkyl halides is 3. The first-order valence-electron chi connectivity index (χ1n) is 4.20. The van der Waals surface area contributed by atoms with Crippen LogP contribution in [0.2, 0.25) is 0 Å². The minimum Gasteiger partial charge on any atom is -0.406 e. The summed E-state index contributed by atoms with van der Waals surface area (Å²) in [5.41, 5.74) is 0.222. The van der Waals surface area contributed by atoms with Crippen LogP contribution in [0.25, 0.3) is 0 Å². The van der Waals surface area contributed by atoms with E-state index in [1.54, 1.807) is 6.11 Å². The van der Waals surface area contributed by atoms with Gasteiger partial charge in [-0.3, -0.25) is 5.32 Å². The largest absolute Gasteiger partial charge is 0.573 e. The van der Waals surface area contributed by atoms with Crippen molar-refractivity contribution in [2.75, 3.05) is 5.32 Å². The van der Waals surface area contributed by atoms with E-state index in [1.807, 2.05) is 0 Å². The van der Waals surface area contributed by atoms with Crippen LogP contribution in [-0.2, 0) is 4.74 Å². The molecule has 0 saturated carbocycles. The monoisotopic (exact) mass is 245 g/mol. The number of halogens is 3. The van der Waals surface area contributed by atoms with Gasteiger partial charge in [-0.2, -0.15) is 0 Å². The van der Waals surface area contributed by atoms with E-state index in [-0.39, 0.29) is 5.69 Å². The van der Waals surface area contributed by atoms with Gasteiger partial charge in [0.1, 0.15) is 11.9 Å². The van der Waals surface area contributed by atoms with Crippen LogP contribution < -0.4 is 10.1 Å². The lowest BCUT2D eigenvalue weighted by atomic mass is 10.3. The SMILES string of the molecule is C#COC(=O)Nc1ccc(OC(F)(F)F)cc1. The molecule has 0 unspecified atom stereocenters. The van der Waals surface area contributed by atoms with E-state index in [2.05, 4.69) is 14.8 Å². The molecule has 0 atom stereocenters. The maximum absolute atomic E-state index is 11.8. The second-order valence-corrected chi connectivity index (χ2v) is 2.70. The number of rotatable bonds is 2. The normalized spacial score (nSPS) is 10.2. The van der Waals surface area contributed by atoms with Crippen LogP contribution in [0, 0.1) is 12.5 Å². The van der Waals surface area contributed by atoms with Gasteiger partial charge in [-0.15, -0.1) is 13.2 Å². The maximum Gasteiger partial charge on any atom is 0.573 e. The molecule has 7 heteroatoms. The van der Waals surface area contributed by atoms with Crippen molar-refractivity contribution in [1.82, 2.24) is 0 Å². The Balaban J connectivity index is 2.63. The number of carbonyl (C=O) groups is 1. The van der Waals surface area contributed by atoms with E-state index < -0.39 is 18.2 Å². The first kappa shape index (κ1) is 12.7. The molecular formula is C10H6F3NO3. The van der Waals surface area contributed by atoms with Crippen molar-refractivity contribution in [1.29, 1.82) is 0 Å². The van der Waals surface area contributed by atoms with Crippen molar-refractivity contribution in [3.05, 3.63) is 24.3 Å². The van der Waals surface area contributed by atoms with Crippen molar-refractivity contribution in [3.63, 3.8) is 0 Å². The van der Waals surface area contributed by atoms with Crippen LogP contribution in [0.15, 0.2) is 24.3 Å². The summed E-state index contributed by atoms with van der Waals surface area (Å²) in [5.74, 6) is -0.395. The van der Waals surface area contributed by atoms with Gasteiger partial charge < -0.3 is 9.47 Å². The molecule has 0 bridgehead atoms. The lowest BCUT2D eigenvalue weighted by molar-refractivity contribution is -0.274. The Labute approximate surface area is 94.3 Å². The van der Waals surface area contributed by atoms with Crippen molar-refractivity contribution in [2.24, 2.45) is 0 Å². The quantitative estimate of drug-likeness (QED) is 0.815. The van der Waals surface area contributed by atoms with Gasteiger partial charge in [0.25, 0.3) is 0 Å². The molecular weight excluding hydrogens is 239 g/mol. The zero-order chi connectivity index (χ0) is 12.9. The van der Waals surface area contributed by atoms with Crippen LogP contribution >= 0.6 is 0 Å². The number of amides is 1. The number of anilines is 1. The van der Waals surface area contributed by atoms with Gasteiger partial charge in [0.2, 0.25) is 0 Å². The topological polar surface area (TPSA) is 47.6 Å². The lowest BCUT2D eigenvalue weighted by Crippen LogP contribution is -2.17. The summed E-state index contributed by atoms with van der Waals surface area (Å²) >= 11 is 0. The fourth-order valence-corrected chi connectivity index (χ4v) is 0.937. The summed E-state index contributed by atoms with van der Waals surface area (Å²) in [6.45, 7) is 0. The smallest absolute Gasteiger partial charge is 0.406 e. The lowest BCUT2D eigenvalue weighted by Gasteiger charge is -2.09. The molecule has 1 aromatic rings. The Bertz CT molecular complexity index is 434. The number of hydrogen-bond donors (Lipinski definition) is 1. The molecule has 0 aliphatic rings. The third kappa shape index (κ3) is 4.79. The molecule has 0 heterocycles. The van der Waals surface area contributed by atoms with E-state index in [1.165, 1.54) is 12.1 Å². The second-order valence-electron chi connectivity index (χ2n) is 2.70. The summed E-state index contributed by atoms with van der Waals surface area (Å²) in [5, 5.41) is 2.19. The Morgan fingerprint density at radius 1 is 1.29 bits per heavy atom. The van der Waals surface area contributed by atoms with Gasteiger partial charge in [0.05, 0.1) is 0 Å². The van der Waals surface area contributed by atoms with Crippen LogP contribution in [0.3, 0.4) is 0 Å². The van der Waals surface area contributed by atoms with E-state index in [4.69, 9.17) is 6.42 Å². The minimum absolute atomic E-state index is 0.222. The molecule has 1 rings (SSSR count). The van der Waals surface area contributed by atoms with E-state index in [0.717, 1.165) is 12.1 Å². The second kappa shape index (κ2) is 5.12. The maximum atomic E-state index is 11.8. The highest BCUT2D eigenvalue weighted by Gasteiger charge is 2.30. The van der Waals surface area contributed by atoms with Crippen LogP contribution in [0.1, 0.15) is 0 Å². The summed E-state index contributed by atoms with van der Waals surface area (Å²) in [4.78, 5) is 10.8. The average Bonchev–Trinajstić information content (AvgIpc) is 2.19. The standard InChI is InChI=1S/C10H6F3NO3/c1-2-16-9(15)14-7-3-5-8(6-4-7)17-10(11,12)13/h1,3-6H,(H,14,15). The van der Waals surface area contributed by atoms with Gasteiger partial charge in [-0.1, -0.05) is 6.42 Å². The third-order valence-corrected chi connectivity index (χ3v) is 1.49. The van der Waals surface area contributed by atoms with Gasteiger partial charge in [-0.05, 0) is 24.3 Å². The van der Waals surface area contributed by atoms with E-state index in [0.29, 0.717) is 0 Å². The van der Waals surface area contributed by atoms with E-state index >= 15 is 0 Å². The summed E-state index contributed by atoms with van der Waals surface area (Å²) in [7, 11) is 0. The molecule has 0 radical (unpaired) electrons. The van der Waals surface area contributed by atoms with Gasteiger partial charge in [-0.25, -0.2) is 4.79 Å². The predicted octanol–water partition coefficient (Wildman–Crippen LogP) is 2.72. The first-order chi connectivity index (χ1) is 7.90. The number of nitrogens with one attached hydrogen (secondary N) is 1. The summed E-state index contributed by atoms with van der Waals surface area (Å²) < 4.78 is 43.2. The number of hydrogen-bond acceptors (Lipinski definition) is 3. The number of terminal acetylenes is 1. The molecule has 1 aromatic carbocycles. The number of benzene rings is 1. The minimum atomic E-state index is -4.75. The van der Waals surface area contributed by atoms with Crippen molar-refractivity contribution < 1.29 is 27.4 Å². The Hall–Kier alpha value is -2.36. The van der Waals surface area contributed by atoms with Gasteiger partial charge in [0.15, 0.2) is 0 Å². The highest BCUT2D eigenvalue weighted by atomic mass is 19.4. The fraction of sp³-hybridized carbons (Fsp3) is 0.100. The van der Waals surface area contributed by atoms with Crippen LogP contribution in [0.4, 0.5) is 23.7 Å². The molecule has 1 N–H and O–H groups in total. The molecule has 4 nitrogen and oxygen atoms in total. The van der Waals surface area contributed by atoms with Crippen molar-refractivity contribution >= 4 is 11.8 Å². The van der Waals surface area contributed by atoms with E-state index in [9.17, 15) is 18.0 Å². The average molecular weight is 245 g/mol. The Kier molecular flexibility index (Phi) is 3.82. The first-order valence-corrected chi connectivity index (χ1v) is 4.20. The fourth-order valence-electron chi connectivity index (χ4n) is 0.937. The van der Waals surface area contributed by atoms with Crippen LogP contribution in [0.5, 0.6) is 5.75 Å². The zero-order valence-corrected chi connectivity index (χ0v) is 8.25. The molecule has 1 amide bonds. The Morgan fingerprint density at radius 2 is 1.88 bits per heavy atom. The summed E-state index contributed by atoms with van der Waals surface area (Å²) in [6, 6.07) is 4.50. The zero-order valence-electron chi connectivity index (χ0n) is 8.25. The Morgan fingerprint density at radius 3 is 2.35 bits per heavy atom. The predicted molar refractivity (Wildman–Crippen MR) is 52.1 cm³/mol. The molecule has 0 spiro atoms. The molecule has 17 heavy (non-hydrogen) atoms. The molecule has 0 aliphatic heterocycles. The molecule has 0 fully saturated rings. The number of carbonyl (C=O) groups excluding carboxylic acids is 1. The van der Waals surface area contributed by atoms with Gasteiger partial charge in [0, 0.05) is 5.69 Å². The third-order valence-electron chi connectivity index (χ3n) is 1.49. The van der Waals surface area contributed by atoms with Crippen LogP contribution in [-0.4, -0.2) is 12.5 Å². The van der Waals surface area contributed by atoms with Crippen molar-refractivity contribution in [2.45, 2.75) is 6.36 Å². The van der Waals surface area contributed by atoms with Gasteiger partial charge >= 0.3 is 12.5 Å². The number of ether oxygens (including phenoxy) is 2.